The first-order chi connectivity index (χ1) is 8.30. The third-order valence-electron chi connectivity index (χ3n) is 2.44. The molecule has 0 unspecified atom stereocenters. The SMILES string of the molecule is O=C(O)CCCCc1ccc(C(F)(F)F)c(F)c1. The standard InChI is InChI=1S/C12H12F4O2/c13-10-7-8(3-1-2-4-11(17)18)5-6-9(10)12(14,15)16/h5-7H,1-4H2,(H,17,18). The number of alkyl halides is 3. The molecule has 1 N–H and O–H groups in total. The van der Waals surface area contributed by atoms with E-state index in [1.807, 2.05) is 0 Å². The smallest absolute Gasteiger partial charge is 0.419 e. The Morgan fingerprint density at radius 1 is 1.22 bits per heavy atom. The van der Waals surface area contributed by atoms with Crippen molar-refractivity contribution in [1.29, 1.82) is 0 Å². The molecule has 0 saturated carbocycles. The molecule has 1 aromatic carbocycles. The van der Waals surface area contributed by atoms with Gasteiger partial charge in [0.2, 0.25) is 0 Å². The second kappa shape index (κ2) is 5.84. The Kier molecular flexibility index (Phi) is 4.69. The van der Waals surface area contributed by atoms with E-state index in [-0.39, 0.29) is 6.42 Å². The van der Waals surface area contributed by atoms with Crippen molar-refractivity contribution < 1.29 is 27.5 Å². The Bertz CT molecular complexity index is 427. The zero-order valence-electron chi connectivity index (χ0n) is 9.43. The summed E-state index contributed by atoms with van der Waals surface area (Å²) in [6.07, 6.45) is -3.41. The van der Waals surface area contributed by atoms with E-state index in [0.29, 0.717) is 30.9 Å². The van der Waals surface area contributed by atoms with Crippen LogP contribution < -0.4 is 0 Å². The zero-order valence-corrected chi connectivity index (χ0v) is 9.43. The van der Waals surface area contributed by atoms with Gasteiger partial charge < -0.3 is 5.11 Å². The average Bonchev–Trinajstić information content (AvgIpc) is 2.22. The summed E-state index contributed by atoms with van der Waals surface area (Å²) in [4.78, 5) is 10.2. The lowest BCUT2D eigenvalue weighted by Gasteiger charge is -2.09. The van der Waals surface area contributed by atoms with Gasteiger partial charge in [-0.3, -0.25) is 4.79 Å². The van der Waals surface area contributed by atoms with Crippen molar-refractivity contribution in [2.45, 2.75) is 31.9 Å². The molecule has 6 heteroatoms. The first-order valence-electron chi connectivity index (χ1n) is 5.38. The fraction of sp³-hybridized carbons (Fsp3) is 0.417. The minimum absolute atomic E-state index is 0.00309. The van der Waals surface area contributed by atoms with Crippen LogP contribution in [0.2, 0.25) is 0 Å². The van der Waals surface area contributed by atoms with Crippen LogP contribution in [0.1, 0.15) is 30.4 Å². The molecule has 1 rings (SSSR count). The van der Waals surface area contributed by atoms with Gasteiger partial charge in [0, 0.05) is 6.42 Å². The normalized spacial score (nSPS) is 11.6. The van der Waals surface area contributed by atoms with Crippen LogP contribution in [0.15, 0.2) is 18.2 Å². The van der Waals surface area contributed by atoms with Crippen LogP contribution in [-0.2, 0) is 17.4 Å². The molecule has 1 aromatic rings. The molecule has 0 fully saturated rings. The van der Waals surface area contributed by atoms with Crippen LogP contribution in [0.25, 0.3) is 0 Å². The Morgan fingerprint density at radius 2 is 1.89 bits per heavy atom. The van der Waals surface area contributed by atoms with Crippen molar-refractivity contribution in [2.24, 2.45) is 0 Å². The molecular weight excluding hydrogens is 252 g/mol. The molecule has 0 spiro atoms. The van der Waals surface area contributed by atoms with Crippen molar-refractivity contribution in [2.75, 3.05) is 0 Å². The number of rotatable bonds is 5. The number of halogens is 4. The molecule has 0 bridgehead atoms. The second-order valence-corrected chi connectivity index (χ2v) is 3.91. The maximum Gasteiger partial charge on any atom is 0.419 e. The Hall–Kier alpha value is -1.59. The van der Waals surface area contributed by atoms with Gasteiger partial charge in [-0.15, -0.1) is 0 Å². The third kappa shape index (κ3) is 4.35. The molecule has 0 atom stereocenters. The number of carbonyl (C=O) groups is 1. The number of aryl methyl sites for hydroxylation is 1. The van der Waals surface area contributed by atoms with E-state index < -0.39 is 23.5 Å². The van der Waals surface area contributed by atoms with Crippen molar-refractivity contribution >= 4 is 5.97 Å². The molecule has 0 radical (unpaired) electrons. The fourth-order valence-corrected chi connectivity index (χ4v) is 1.55. The summed E-state index contributed by atoms with van der Waals surface area (Å²) in [5, 5.41) is 8.40. The molecule has 0 saturated heterocycles. The first-order valence-corrected chi connectivity index (χ1v) is 5.38. The minimum atomic E-state index is -4.69. The molecule has 0 aliphatic rings. The van der Waals surface area contributed by atoms with E-state index in [1.165, 1.54) is 6.07 Å². The fourth-order valence-electron chi connectivity index (χ4n) is 1.55. The van der Waals surface area contributed by atoms with Gasteiger partial charge in [0.05, 0.1) is 5.56 Å². The highest BCUT2D eigenvalue weighted by Gasteiger charge is 2.33. The molecule has 0 aliphatic heterocycles. The summed E-state index contributed by atoms with van der Waals surface area (Å²) >= 11 is 0. The lowest BCUT2D eigenvalue weighted by Crippen LogP contribution is -2.08. The number of carboxylic acid groups (broad SMARTS) is 1. The number of benzene rings is 1. The highest BCUT2D eigenvalue weighted by molar-refractivity contribution is 5.66. The van der Waals surface area contributed by atoms with E-state index >= 15 is 0 Å². The lowest BCUT2D eigenvalue weighted by molar-refractivity contribution is -0.140. The van der Waals surface area contributed by atoms with Crippen LogP contribution in [0.5, 0.6) is 0 Å². The Labute approximate surface area is 101 Å². The van der Waals surface area contributed by atoms with Gasteiger partial charge >= 0.3 is 12.1 Å². The Balaban J connectivity index is 2.59. The molecule has 100 valence electrons. The summed E-state index contributed by atoms with van der Waals surface area (Å²) < 4.78 is 50.0. The van der Waals surface area contributed by atoms with Gasteiger partial charge in [0.15, 0.2) is 0 Å². The third-order valence-corrected chi connectivity index (χ3v) is 2.44. The predicted molar refractivity (Wildman–Crippen MR) is 56.6 cm³/mol. The zero-order chi connectivity index (χ0) is 13.8. The van der Waals surface area contributed by atoms with Gasteiger partial charge in [-0.1, -0.05) is 6.07 Å². The van der Waals surface area contributed by atoms with E-state index in [2.05, 4.69) is 0 Å². The Morgan fingerprint density at radius 3 is 2.39 bits per heavy atom. The van der Waals surface area contributed by atoms with E-state index in [1.54, 1.807) is 0 Å². The number of unbranched alkanes of at least 4 members (excludes halogenated alkanes) is 1. The van der Waals surface area contributed by atoms with E-state index in [4.69, 9.17) is 5.11 Å². The van der Waals surface area contributed by atoms with E-state index in [9.17, 15) is 22.4 Å². The maximum atomic E-state index is 13.2. The molecule has 0 heterocycles. The molecular formula is C12H12F4O2. The molecule has 18 heavy (non-hydrogen) atoms. The maximum absolute atomic E-state index is 13.2. The molecule has 2 nitrogen and oxygen atoms in total. The number of hydrogen-bond donors (Lipinski definition) is 1. The van der Waals surface area contributed by atoms with Gasteiger partial charge in [-0.25, -0.2) is 4.39 Å². The van der Waals surface area contributed by atoms with E-state index in [0.717, 1.165) is 6.07 Å². The molecule has 0 aromatic heterocycles. The number of hydrogen-bond acceptors (Lipinski definition) is 1. The second-order valence-electron chi connectivity index (χ2n) is 3.91. The van der Waals surface area contributed by atoms with Crippen LogP contribution >= 0.6 is 0 Å². The summed E-state index contributed by atoms with van der Waals surface area (Å²) in [5.74, 6) is -2.22. The average molecular weight is 264 g/mol. The highest BCUT2D eigenvalue weighted by Crippen LogP contribution is 2.31. The summed E-state index contributed by atoms with van der Waals surface area (Å²) in [6.45, 7) is 0. The molecule has 0 amide bonds. The van der Waals surface area contributed by atoms with Crippen molar-refractivity contribution in [3.8, 4) is 0 Å². The number of aliphatic carboxylic acids is 1. The van der Waals surface area contributed by atoms with Gasteiger partial charge in [0.1, 0.15) is 5.82 Å². The van der Waals surface area contributed by atoms with Crippen LogP contribution in [-0.4, -0.2) is 11.1 Å². The number of carboxylic acids is 1. The summed E-state index contributed by atoms with van der Waals surface area (Å²) in [6, 6.07) is 2.78. The van der Waals surface area contributed by atoms with Gasteiger partial charge in [-0.05, 0) is 37.0 Å². The van der Waals surface area contributed by atoms with Crippen LogP contribution in [0.3, 0.4) is 0 Å². The highest BCUT2D eigenvalue weighted by atomic mass is 19.4. The van der Waals surface area contributed by atoms with Crippen LogP contribution in [0.4, 0.5) is 17.6 Å². The minimum Gasteiger partial charge on any atom is -0.481 e. The summed E-state index contributed by atoms with van der Waals surface area (Å²) in [7, 11) is 0. The van der Waals surface area contributed by atoms with Gasteiger partial charge in [-0.2, -0.15) is 13.2 Å². The summed E-state index contributed by atoms with van der Waals surface area (Å²) in [5.41, 5.74) is -0.845. The largest absolute Gasteiger partial charge is 0.481 e. The molecule has 0 aliphatic carbocycles. The van der Waals surface area contributed by atoms with Gasteiger partial charge in [0.25, 0.3) is 0 Å². The van der Waals surface area contributed by atoms with Crippen molar-refractivity contribution in [1.82, 2.24) is 0 Å². The first kappa shape index (κ1) is 14.5. The van der Waals surface area contributed by atoms with Crippen LogP contribution in [0, 0.1) is 5.82 Å². The quantitative estimate of drug-likeness (QED) is 0.651. The van der Waals surface area contributed by atoms with Crippen molar-refractivity contribution in [3.63, 3.8) is 0 Å². The predicted octanol–water partition coefficient (Wildman–Crippen LogP) is 3.64. The topological polar surface area (TPSA) is 37.3 Å². The monoisotopic (exact) mass is 264 g/mol. The van der Waals surface area contributed by atoms with Crippen molar-refractivity contribution in [3.05, 3.63) is 35.1 Å². The lowest BCUT2D eigenvalue weighted by atomic mass is 10.0.